The molecule has 2 aromatic heterocycles. The van der Waals surface area contributed by atoms with Crippen LogP contribution in [0.2, 0.25) is 0 Å². The molecule has 0 aliphatic carbocycles. The van der Waals surface area contributed by atoms with Gasteiger partial charge in [0.2, 0.25) is 0 Å². The van der Waals surface area contributed by atoms with E-state index in [1.165, 1.54) is 27.8 Å². The van der Waals surface area contributed by atoms with Gasteiger partial charge in [-0.25, -0.2) is 9.67 Å². The molecule has 0 spiro atoms. The molecule has 2 aromatic carbocycles. The zero-order chi connectivity index (χ0) is 19.2. The van der Waals surface area contributed by atoms with E-state index in [1.54, 1.807) is 12.7 Å². The summed E-state index contributed by atoms with van der Waals surface area (Å²) in [7, 11) is 0. The Morgan fingerprint density at radius 3 is 2.18 bits per heavy atom. The van der Waals surface area contributed by atoms with Crippen LogP contribution >= 0.6 is 0 Å². The predicted octanol–water partition coefficient (Wildman–Crippen LogP) is 4.24. The van der Waals surface area contributed by atoms with Crippen LogP contribution in [0.4, 0.5) is 0 Å². The number of benzene rings is 2. The minimum absolute atomic E-state index is 0.279. The van der Waals surface area contributed by atoms with Crippen molar-refractivity contribution in [2.75, 3.05) is 0 Å². The molecule has 1 atom stereocenters. The van der Waals surface area contributed by atoms with Crippen molar-refractivity contribution in [1.29, 1.82) is 0 Å². The molecule has 28 heavy (non-hydrogen) atoms. The Labute approximate surface area is 165 Å². The molecule has 2 heterocycles. The van der Waals surface area contributed by atoms with Gasteiger partial charge < -0.3 is 5.32 Å². The topological polar surface area (TPSA) is 55.6 Å². The Kier molecular flexibility index (Phi) is 5.54. The standard InChI is InChI=1S/C23H23N5/c1-18(21-6-8-22(9-7-21)23-10-12-24-13-11-23)26-14-19-2-4-20(5-3-19)15-28-17-25-16-27-28/h2-13,16-18,26H,14-15H2,1H3. The van der Waals surface area contributed by atoms with Gasteiger partial charge >= 0.3 is 0 Å². The molecule has 5 nitrogen and oxygen atoms in total. The molecule has 0 bridgehead atoms. The minimum atomic E-state index is 0.279. The highest BCUT2D eigenvalue weighted by atomic mass is 15.3. The van der Waals surface area contributed by atoms with Crippen LogP contribution in [0.1, 0.15) is 29.7 Å². The molecule has 0 saturated carbocycles. The second-order valence-corrected chi connectivity index (χ2v) is 6.87. The molecule has 0 aliphatic rings. The zero-order valence-electron chi connectivity index (χ0n) is 15.9. The van der Waals surface area contributed by atoms with Gasteiger partial charge in [-0.1, -0.05) is 48.5 Å². The Morgan fingerprint density at radius 1 is 0.821 bits per heavy atom. The first-order valence-electron chi connectivity index (χ1n) is 9.42. The van der Waals surface area contributed by atoms with Gasteiger partial charge in [0.25, 0.3) is 0 Å². The first kappa shape index (κ1) is 18.1. The van der Waals surface area contributed by atoms with Crippen molar-refractivity contribution < 1.29 is 0 Å². The third kappa shape index (κ3) is 4.50. The average molecular weight is 369 g/mol. The maximum atomic E-state index is 4.14. The maximum Gasteiger partial charge on any atom is 0.137 e. The van der Waals surface area contributed by atoms with Crippen LogP contribution in [0.3, 0.4) is 0 Å². The summed E-state index contributed by atoms with van der Waals surface area (Å²) in [4.78, 5) is 8.05. The largest absolute Gasteiger partial charge is 0.306 e. The molecule has 0 amide bonds. The molecule has 4 aromatic rings. The Hall–Kier alpha value is -3.31. The monoisotopic (exact) mass is 369 g/mol. The van der Waals surface area contributed by atoms with Gasteiger partial charge in [0, 0.05) is 25.0 Å². The summed E-state index contributed by atoms with van der Waals surface area (Å²) in [5.41, 5.74) is 6.16. The molecule has 1 unspecified atom stereocenters. The quantitative estimate of drug-likeness (QED) is 0.529. The highest BCUT2D eigenvalue weighted by Crippen LogP contribution is 2.21. The first-order valence-corrected chi connectivity index (χ1v) is 9.42. The summed E-state index contributed by atoms with van der Waals surface area (Å²) in [6.07, 6.45) is 6.94. The van der Waals surface area contributed by atoms with Crippen LogP contribution in [-0.4, -0.2) is 19.7 Å². The van der Waals surface area contributed by atoms with Crippen LogP contribution in [0.5, 0.6) is 0 Å². The van der Waals surface area contributed by atoms with Crippen molar-refractivity contribution in [3.8, 4) is 11.1 Å². The molecule has 0 fully saturated rings. The average Bonchev–Trinajstić information content (AvgIpc) is 3.27. The number of hydrogen-bond donors (Lipinski definition) is 1. The van der Waals surface area contributed by atoms with Crippen molar-refractivity contribution in [2.24, 2.45) is 0 Å². The number of pyridine rings is 1. The van der Waals surface area contributed by atoms with E-state index in [4.69, 9.17) is 0 Å². The minimum Gasteiger partial charge on any atom is -0.306 e. The van der Waals surface area contributed by atoms with Gasteiger partial charge in [0.05, 0.1) is 6.54 Å². The molecule has 140 valence electrons. The Bertz CT molecular complexity index is 978. The lowest BCUT2D eigenvalue weighted by Crippen LogP contribution is -2.18. The van der Waals surface area contributed by atoms with Crippen LogP contribution in [0.15, 0.2) is 85.7 Å². The van der Waals surface area contributed by atoms with E-state index < -0.39 is 0 Å². The number of rotatable bonds is 7. The van der Waals surface area contributed by atoms with Crippen molar-refractivity contribution in [2.45, 2.75) is 26.1 Å². The fraction of sp³-hybridized carbons (Fsp3) is 0.174. The second-order valence-electron chi connectivity index (χ2n) is 6.87. The maximum absolute atomic E-state index is 4.14. The van der Waals surface area contributed by atoms with Crippen LogP contribution in [-0.2, 0) is 13.1 Å². The number of nitrogens with one attached hydrogen (secondary N) is 1. The van der Waals surface area contributed by atoms with Gasteiger partial charge in [-0.15, -0.1) is 0 Å². The van der Waals surface area contributed by atoms with E-state index in [9.17, 15) is 0 Å². The zero-order valence-corrected chi connectivity index (χ0v) is 15.9. The number of nitrogens with zero attached hydrogens (tertiary/aromatic N) is 4. The summed E-state index contributed by atoms with van der Waals surface area (Å²) in [6, 6.07) is 21.7. The summed E-state index contributed by atoms with van der Waals surface area (Å²) in [5.74, 6) is 0. The van der Waals surface area contributed by atoms with Crippen LogP contribution < -0.4 is 5.32 Å². The highest BCUT2D eigenvalue weighted by molar-refractivity contribution is 5.62. The van der Waals surface area contributed by atoms with E-state index in [2.05, 4.69) is 75.8 Å². The van der Waals surface area contributed by atoms with E-state index in [-0.39, 0.29) is 6.04 Å². The van der Waals surface area contributed by atoms with E-state index in [0.29, 0.717) is 0 Å². The lowest BCUT2D eigenvalue weighted by atomic mass is 10.0. The summed E-state index contributed by atoms with van der Waals surface area (Å²) in [6.45, 7) is 3.77. The molecule has 5 heteroatoms. The smallest absolute Gasteiger partial charge is 0.137 e. The third-order valence-corrected chi connectivity index (χ3v) is 4.87. The summed E-state index contributed by atoms with van der Waals surface area (Å²) < 4.78 is 1.82. The molecule has 1 N–H and O–H groups in total. The fourth-order valence-electron chi connectivity index (χ4n) is 3.16. The van der Waals surface area contributed by atoms with Gasteiger partial charge in [0.15, 0.2) is 0 Å². The van der Waals surface area contributed by atoms with Crippen molar-refractivity contribution in [1.82, 2.24) is 25.1 Å². The molecule has 0 aliphatic heterocycles. The van der Waals surface area contributed by atoms with Crippen molar-refractivity contribution in [3.05, 3.63) is 102 Å². The Morgan fingerprint density at radius 2 is 1.50 bits per heavy atom. The van der Waals surface area contributed by atoms with E-state index in [0.717, 1.165) is 13.1 Å². The van der Waals surface area contributed by atoms with Gasteiger partial charge in [0.1, 0.15) is 12.7 Å². The van der Waals surface area contributed by atoms with E-state index >= 15 is 0 Å². The molecule has 0 radical (unpaired) electrons. The molecular weight excluding hydrogens is 346 g/mol. The van der Waals surface area contributed by atoms with E-state index in [1.807, 2.05) is 29.2 Å². The second kappa shape index (κ2) is 8.59. The SMILES string of the molecule is CC(NCc1ccc(Cn2cncn2)cc1)c1ccc(-c2ccncc2)cc1. The number of aromatic nitrogens is 4. The van der Waals surface area contributed by atoms with Crippen LogP contribution in [0.25, 0.3) is 11.1 Å². The van der Waals surface area contributed by atoms with Crippen molar-refractivity contribution >= 4 is 0 Å². The lowest BCUT2D eigenvalue weighted by molar-refractivity contribution is 0.574. The van der Waals surface area contributed by atoms with Crippen LogP contribution in [0, 0.1) is 0 Å². The normalized spacial score (nSPS) is 12.0. The first-order chi connectivity index (χ1) is 13.8. The highest BCUT2D eigenvalue weighted by Gasteiger charge is 2.06. The fourth-order valence-corrected chi connectivity index (χ4v) is 3.16. The van der Waals surface area contributed by atoms with Gasteiger partial charge in [-0.2, -0.15) is 5.10 Å². The molecular formula is C23H23N5. The number of hydrogen-bond acceptors (Lipinski definition) is 4. The van der Waals surface area contributed by atoms with Gasteiger partial charge in [-0.05, 0) is 46.9 Å². The molecule has 0 saturated heterocycles. The lowest BCUT2D eigenvalue weighted by Gasteiger charge is -2.15. The molecule has 4 rings (SSSR count). The Balaban J connectivity index is 1.33. The summed E-state index contributed by atoms with van der Waals surface area (Å²) >= 11 is 0. The predicted molar refractivity (Wildman–Crippen MR) is 110 cm³/mol. The summed E-state index contributed by atoms with van der Waals surface area (Å²) in [5, 5.41) is 7.74. The van der Waals surface area contributed by atoms with Gasteiger partial charge in [-0.3, -0.25) is 4.98 Å². The van der Waals surface area contributed by atoms with Crippen molar-refractivity contribution in [3.63, 3.8) is 0 Å². The third-order valence-electron chi connectivity index (χ3n) is 4.87.